The van der Waals surface area contributed by atoms with Crippen LogP contribution in [0.1, 0.15) is 319 Å². The Morgan fingerprint density at radius 3 is 0.729 bits per heavy atom. The van der Waals surface area contributed by atoms with Gasteiger partial charge >= 0.3 is 39.5 Å². The predicted molar refractivity (Wildman–Crippen MR) is 340 cm³/mol. The molecule has 0 aliphatic carbocycles. The SMILES string of the molecule is CC(C)CCCCCCCCCCCCC(=O)O[C@H](COC(=O)CCCCCCCCCCC(C)C)COP(=O)(O)OCC(O)COP(=O)(O)OC[C@@H](COC(=O)CCCCCCCCCCCC(C)C)OC(=O)CCCCCCCCC(C)C. The predicted octanol–water partition coefficient (Wildman–Crippen LogP) is 18.1. The lowest BCUT2D eigenvalue weighted by molar-refractivity contribution is -0.161. The number of aliphatic hydroxyl groups excluding tert-OH is 1. The smallest absolute Gasteiger partial charge is 0.462 e. The summed E-state index contributed by atoms with van der Waals surface area (Å²) < 4.78 is 68.1. The number of aliphatic hydroxyl groups is 1. The quantitative estimate of drug-likeness (QED) is 0.0222. The van der Waals surface area contributed by atoms with Crippen LogP contribution in [0.15, 0.2) is 0 Å². The molecule has 0 aromatic carbocycles. The van der Waals surface area contributed by atoms with Gasteiger partial charge in [0.25, 0.3) is 0 Å². The van der Waals surface area contributed by atoms with Crippen LogP contribution in [0.25, 0.3) is 0 Å². The minimum absolute atomic E-state index is 0.101. The minimum Gasteiger partial charge on any atom is -0.462 e. The van der Waals surface area contributed by atoms with Gasteiger partial charge in [-0.25, -0.2) is 9.13 Å². The Bertz CT molecular complexity index is 1700. The molecule has 0 aliphatic rings. The summed E-state index contributed by atoms with van der Waals surface area (Å²) in [5.74, 6) is 0.752. The first-order valence-electron chi connectivity index (χ1n) is 34.2. The van der Waals surface area contributed by atoms with E-state index in [-0.39, 0.29) is 25.7 Å². The first-order chi connectivity index (χ1) is 40.6. The van der Waals surface area contributed by atoms with Crippen molar-refractivity contribution in [3.8, 4) is 0 Å². The number of carbonyl (C=O) groups is 4. The van der Waals surface area contributed by atoms with Gasteiger partial charge in [0.15, 0.2) is 12.2 Å². The van der Waals surface area contributed by atoms with Crippen LogP contribution in [-0.4, -0.2) is 96.7 Å². The maximum Gasteiger partial charge on any atom is 0.472 e. The zero-order valence-electron chi connectivity index (χ0n) is 55.2. The van der Waals surface area contributed by atoms with Crippen molar-refractivity contribution in [2.45, 2.75) is 337 Å². The molecule has 0 rings (SSSR count). The lowest BCUT2D eigenvalue weighted by atomic mass is 10.0. The van der Waals surface area contributed by atoms with Crippen LogP contribution in [-0.2, 0) is 65.4 Å². The van der Waals surface area contributed by atoms with Crippen LogP contribution >= 0.6 is 15.6 Å². The molecule has 17 nitrogen and oxygen atoms in total. The van der Waals surface area contributed by atoms with Crippen molar-refractivity contribution in [1.82, 2.24) is 0 Å². The molecule has 19 heteroatoms. The van der Waals surface area contributed by atoms with Crippen molar-refractivity contribution in [2.75, 3.05) is 39.6 Å². The second kappa shape index (κ2) is 56.1. The van der Waals surface area contributed by atoms with E-state index in [1.54, 1.807) is 0 Å². The molecule has 0 bridgehead atoms. The van der Waals surface area contributed by atoms with Gasteiger partial charge in [-0.2, -0.15) is 0 Å². The zero-order chi connectivity index (χ0) is 63.2. The topological polar surface area (TPSA) is 237 Å². The lowest BCUT2D eigenvalue weighted by Gasteiger charge is -2.21. The van der Waals surface area contributed by atoms with E-state index >= 15 is 0 Å². The van der Waals surface area contributed by atoms with Crippen LogP contribution < -0.4 is 0 Å². The summed E-state index contributed by atoms with van der Waals surface area (Å²) in [5, 5.41) is 10.5. The maximum atomic E-state index is 13.0. The Morgan fingerprint density at radius 2 is 0.494 bits per heavy atom. The zero-order valence-corrected chi connectivity index (χ0v) is 57.0. The van der Waals surface area contributed by atoms with Crippen molar-refractivity contribution < 1.29 is 80.2 Å². The maximum absolute atomic E-state index is 13.0. The number of unbranched alkanes of at least 4 members (excludes halogenated alkanes) is 29. The van der Waals surface area contributed by atoms with E-state index in [2.05, 4.69) is 55.4 Å². The van der Waals surface area contributed by atoms with Crippen LogP contribution in [0.5, 0.6) is 0 Å². The third-order valence-electron chi connectivity index (χ3n) is 15.1. The standard InChI is InChI=1S/C66H128O17P2/c1-56(2)42-34-26-18-12-9-10-14-23-32-40-48-65(70)82-61(52-77-64(69)47-39-31-22-17-16-20-28-36-44-58(5)6)54-80-84(72,73)78-50-60(67)51-79-85(74,75)81-55-62(83-66(71)49-41-33-25-24-29-37-45-59(7)8)53-76-63(68)46-38-30-21-15-11-13-19-27-35-43-57(3)4/h56-62,67H,9-55H2,1-8H3,(H,72,73)(H,74,75)/t60?,61-,62-/m1/s1. The molecule has 0 amide bonds. The number of esters is 4. The Balaban J connectivity index is 5.24. The summed E-state index contributed by atoms with van der Waals surface area (Å²) in [7, 11) is -9.89. The fourth-order valence-corrected chi connectivity index (χ4v) is 11.4. The monoisotopic (exact) mass is 1250 g/mol. The highest BCUT2D eigenvalue weighted by atomic mass is 31.2. The molecule has 0 saturated heterocycles. The molecule has 0 aromatic heterocycles. The second-order valence-corrected chi connectivity index (χ2v) is 28.7. The van der Waals surface area contributed by atoms with Gasteiger partial charge in [-0.15, -0.1) is 0 Å². The van der Waals surface area contributed by atoms with Crippen LogP contribution in [0.3, 0.4) is 0 Å². The van der Waals surface area contributed by atoms with Gasteiger partial charge in [0.1, 0.15) is 19.3 Å². The lowest BCUT2D eigenvalue weighted by Crippen LogP contribution is -2.30. The van der Waals surface area contributed by atoms with Gasteiger partial charge < -0.3 is 33.8 Å². The van der Waals surface area contributed by atoms with Crippen molar-refractivity contribution in [1.29, 1.82) is 0 Å². The summed E-state index contributed by atoms with van der Waals surface area (Å²) in [5.41, 5.74) is 0. The first kappa shape index (κ1) is 83.1. The van der Waals surface area contributed by atoms with E-state index in [4.69, 9.17) is 37.0 Å². The fraction of sp³-hybridized carbons (Fsp3) is 0.939. The van der Waals surface area contributed by atoms with Crippen molar-refractivity contribution >= 4 is 39.5 Å². The number of carbonyl (C=O) groups excluding carboxylic acids is 4. The number of rotatable bonds is 63. The molecule has 3 N–H and O–H groups in total. The van der Waals surface area contributed by atoms with Crippen molar-refractivity contribution in [3.05, 3.63) is 0 Å². The molecule has 504 valence electrons. The van der Waals surface area contributed by atoms with E-state index in [9.17, 15) is 43.2 Å². The van der Waals surface area contributed by atoms with Gasteiger partial charge in [0.05, 0.1) is 26.4 Å². The Labute approximate surface area is 517 Å². The number of hydrogen-bond donors (Lipinski definition) is 3. The average Bonchev–Trinajstić information content (AvgIpc) is 3.55. The molecule has 0 aliphatic heterocycles. The molecule has 0 saturated carbocycles. The summed E-state index contributed by atoms with van der Waals surface area (Å²) in [4.78, 5) is 72.3. The summed E-state index contributed by atoms with van der Waals surface area (Å²) in [6.45, 7) is 14.0. The molecular weight excluding hydrogens is 1130 g/mol. The van der Waals surface area contributed by atoms with Gasteiger partial charge in [0.2, 0.25) is 0 Å². The molecule has 85 heavy (non-hydrogen) atoms. The van der Waals surface area contributed by atoms with E-state index in [0.29, 0.717) is 31.6 Å². The molecule has 0 heterocycles. The van der Waals surface area contributed by atoms with Crippen LogP contribution in [0.4, 0.5) is 0 Å². The van der Waals surface area contributed by atoms with Gasteiger partial charge in [0, 0.05) is 25.7 Å². The van der Waals surface area contributed by atoms with Gasteiger partial charge in [-0.05, 0) is 49.4 Å². The molecule has 0 radical (unpaired) electrons. The van der Waals surface area contributed by atoms with Gasteiger partial charge in [-0.3, -0.25) is 37.3 Å². The summed E-state index contributed by atoms with van der Waals surface area (Å²) in [6, 6.07) is 0. The molecular formula is C66H128O17P2. The number of phosphoric acid groups is 2. The highest BCUT2D eigenvalue weighted by molar-refractivity contribution is 7.47. The number of ether oxygens (including phenoxy) is 4. The number of phosphoric ester groups is 2. The third-order valence-corrected chi connectivity index (χ3v) is 17.0. The normalized spacial score (nSPS) is 14.4. The molecule has 5 atom stereocenters. The molecule has 0 aromatic rings. The largest absolute Gasteiger partial charge is 0.472 e. The third kappa shape index (κ3) is 60.7. The van der Waals surface area contributed by atoms with E-state index in [1.165, 1.54) is 122 Å². The van der Waals surface area contributed by atoms with Gasteiger partial charge in [-0.1, -0.05) is 267 Å². The molecule has 0 spiro atoms. The Kier molecular flexibility index (Phi) is 54.8. The second-order valence-electron chi connectivity index (χ2n) is 25.8. The summed E-state index contributed by atoms with van der Waals surface area (Å²) >= 11 is 0. The fourth-order valence-electron chi connectivity index (χ4n) is 9.78. The van der Waals surface area contributed by atoms with E-state index in [0.717, 1.165) is 108 Å². The van der Waals surface area contributed by atoms with E-state index in [1.807, 2.05) is 0 Å². The Morgan fingerprint density at radius 1 is 0.294 bits per heavy atom. The summed E-state index contributed by atoms with van der Waals surface area (Å²) in [6.07, 6.45) is 36.4. The van der Waals surface area contributed by atoms with E-state index < -0.39 is 97.5 Å². The average molecular weight is 1260 g/mol. The number of hydrogen-bond acceptors (Lipinski definition) is 15. The first-order valence-corrected chi connectivity index (χ1v) is 37.2. The van der Waals surface area contributed by atoms with Crippen molar-refractivity contribution in [3.63, 3.8) is 0 Å². The Hall–Kier alpha value is -1.94. The van der Waals surface area contributed by atoms with Crippen LogP contribution in [0.2, 0.25) is 0 Å². The highest BCUT2D eigenvalue weighted by Gasteiger charge is 2.30. The molecule has 0 fully saturated rings. The van der Waals surface area contributed by atoms with Crippen molar-refractivity contribution in [2.24, 2.45) is 23.7 Å². The highest BCUT2D eigenvalue weighted by Crippen LogP contribution is 2.45. The minimum atomic E-state index is -4.95. The van der Waals surface area contributed by atoms with Crippen LogP contribution in [0, 0.1) is 23.7 Å². The molecule has 3 unspecified atom stereocenters.